The number of hydrogen-bond donors (Lipinski definition) is 0. The Hall–Kier alpha value is -6.65. The quantitative estimate of drug-likeness (QED) is 0.127. The minimum atomic E-state index is -0.151. The zero-order chi connectivity index (χ0) is 38.7. The second kappa shape index (κ2) is 11.1. The molecule has 58 heavy (non-hydrogen) atoms. The van der Waals surface area contributed by atoms with E-state index in [4.69, 9.17) is 0 Å². The highest BCUT2D eigenvalue weighted by Crippen LogP contribution is 2.54. The summed E-state index contributed by atoms with van der Waals surface area (Å²) in [5.41, 5.74) is 22.4. The van der Waals surface area contributed by atoms with Gasteiger partial charge in [-0.05, 0) is 95.1 Å². The van der Waals surface area contributed by atoms with Gasteiger partial charge in [0, 0.05) is 56.5 Å². The first-order chi connectivity index (χ1) is 28.3. The van der Waals surface area contributed by atoms with Gasteiger partial charge in [-0.25, -0.2) is 0 Å². The molecule has 4 aliphatic rings. The summed E-state index contributed by atoms with van der Waals surface area (Å²) >= 11 is 0. The topological polar surface area (TPSA) is 12.1 Å². The number of fused-ring (bicyclic) bond motifs is 11. The third kappa shape index (κ3) is 3.93. The molecule has 0 amide bonds. The van der Waals surface area contributed by atoms with Crippen LogP contribution in [0.1, 0.15) is 67.2 Å². The van der Waals surface area contributed by atoms with Crippen molar-refractivity contribution in [3.63, 3.8) is 0 Å². The molecule has 3 nitrogen and oxygen atoms in total. The van der Waals surface area contributed by atoms with E-state index in [2.05, 4.69) is 212 Å². The summed E-state index contributed by atoms with van der Waals surface area (Å²) in [6, 6.07) is 62.1. The van der Waals surface area contributed by atoms with Gasteiger partial charge < -0.3 is 9.47 Å². The molecule has 7 aromatic carbocycles. The summed E-state index contributed by atoms with van der Waals surface area (Å²) in [4.78, 5) is 2.63. The third-order valence-electron chi connectivity index (χ3n) is 14.4. The lowest BCUT2D eigenvalue weighted by Crippen LogP contribution is -2.67. The summed E-state index contributed by atoms with van der Waals surface area (Å²) in [6.07, 6.45) is 2.33. The highest BCUT2D eigenvalue weighted by molar-refractivity contribution is 6.99. The van der Waals surface area contributed by atoms with Crippen LogP contribution in [0.15, 0.2) is 170 Å². The fourth-order valence-corrected chi connectivity index (χ4v) is 11.8. The molecule has 6 heterocycles. The van der Waals surface area contributed by atoms with Crippen molar-refractivity contribution in [1.82, 2.24) is 4.57 Å². The van der Waals surface area contributed by atoms with Crippen LogP contribution in [0.3, 0.4) is 0 Å². The van der Waals surface area contributed by atoms with Crippen LogP contribution < -0.4 is 25.9 Å². The van der Waals surface area contributed by atoms with Gasteiger partial charge in [0.2, 0.25) is 12.8 Å². The predicted octanol–water partition coefficient (Wildman–Crippen LogP) is 10.3. The van der Waals surface area contributed by atoms with Crippen molar-refractivity contribution in [2.45, 2.75) is 44.6 Å². The summed E-state index contributed by atoms with van der Waals surface area (Å²) in [5, 5.41) is 2.56. The zero-order valence-corrected chi connectivity index (χ0v) is 33.2. The van der Waals surface area contributed by atoms with Crippen molar-refractivity contribution >= 4 is 62.0 Å². The second-order valence-corrected chi connectivity index (χ2v) is 17.9. The van der Waals surface area contributed by atoms with Gasteiger partial charge in [0.1, 0.15) is 0 Å². The van der Waals surface area contributed by atoms with E-state index in [0.717, 1.165) is 0 Å². The molecular formula is C54H41BN3+. The molecule has 4 heteroatoms. The number of nitrogens with zero attached hydrogens (tertiary/aromatic N) is 3. The Morgan fingerprint density at radius 3 is 1.97 bits per heavy atom. The van der Waals surface area contributed by atoms with Crippen molar-refractivity contribution in [3.05, 3.63) is 203 Å². The number of para-hydroxylation sites is 4. The number of rotatable bonds is 2. The molecule has 0 saturated carbocycles. The number of aromatic nitrogens is 2. The molecule has 0 N–H and O–H groups in total. The van der Waals surface area contributed by atoms with Gasteiger partial charge in [0.15, 0.2) is 11.9 Å². The Morgan fingerprint density at radius 1 is 0.534 bits per heavy atom. The van der Waals surface area contributed by atoms with Gasteiger partial charge in [-0.15, -0.1) is 0 Å². The molecule has 274 valence electrons. The van der Waals surface area contributed by atoms with E-state index in [1.54, 1.807) is 0 Å². The van der Waals surface area contributed by atoms with Crippen LogP contribution in [0.5, 0.6) is 0 Å². The van der Waals surface area contributed by atoms with Crippen LogP contribution in [0.25, 0.3) is 38.6 Å². The second-order valence-electron chi connectivity index (χ2n) is 17.9. The summed E-state index contributed by atoms with van der Waals surface area (Å²) < 4.78 is 5.00. The van der Waals surface area contributed by atoms with E-state index in [-0.39, 0.29) is 23.6 Å². The molecule has 9 aromatic rings. The fourth-order valence-electron chi connectivity index (χ4n) is 11.8. The van der Waals surface area contributed by atoms with Crippen molar-refractivity contribution in [3.8, 4) is 16.8 Å². The first-order valence-electron chi connectivity index (χ1n) is 20.8. The van der Waals surface area contributed by atoms with E-state index in [1.165, 1.54) is 106 Å². The van der Waals surface area contributed by atoms with Crippen LogP contribution in [-0.4, -0.2) is 11.3 Å². The van der Waals surface area contributed by atoms with Gasteiger partial charge in [-0.1, -0.05) is 129 Å². The van der Waals surface area contributed by atoms with Crippen LogP contribution in [0.2, 0.25) is 0 Å². The Labute approximate surface area is 339 Å². The molecule has 0 spiro atoms. The molecule has 4 aliphatic heterocycles. The summed E-state index contributed by atoms with van der Waals surface area (Å²) in [5.74, 6) is 0. The lowest BCUT2D eigenvalue weighted by Gasteiger charge is -2.49. The van der Waals surface area contributed by atoms with Crippen molar-refractivity contribution in [2.75, 3.05) is 4.90 Å². The molecule has 13 rings (SSSR count). The van der Waals surface area contributed by atoms with Crippen LogP contribution in [-0.2, 0) is 10.8 Å². The van der Waals surface area contributed by atoms with Gasteiger partial charge in [-0.3, -0.25) is 0 Å². The average Bonchev–Trinajstić information content (AvgIpc) is 3.59. The molecular weight excluding hydrogens is 701 g/mol. The zero-order valence-electron chi connectivity index (χ0n) is 33.2. The van der Waals surface area contributed by atoms with Gasteiger partial charge in [0.05, 0.1) is 22.1 Å². The minimum Gasteiger partial charge on any atom is -0.311 e. The number of benzene rings is 7. The largest absolute Gasteiger partial charge is 0.311 e. The normalized spacial score (nSPS) is 17.0. The van der Waals surface area contributed by atoms with Crippen molar-refractivity contribution < 1.29 is 4.57 Å². The minimum absolute atomic E-state index is 0.0541. The maximum Gasteiger partial charge on any atom is 0.248 e. The van der Waals surface area contributed by atoms with Gasteiger partial charge in [0.25, 0.3) is 0 Å². The molecule has 1 atom stereocenters. The van der Waals surface area contributed by atoms with Crippen LogP contribution >= 0.6 is 0 Å². The summed E-state index contributed by atoms with van der Waals surface area (Å²) in [7, 11) is 0. The predicted molar refractivity (Wildman–Crippen MR) is 240 cm³/mol. The molecule has 0 saturated heterocycles. The highest BCUT2D eigenvalue weighted by Gasteiger charge is 2.54. The molecule has 1 unspecified atom stereocenters. The van der Waals surface area contributed by atoms with Crippen LogP contribution in [0, 0.1) is 0 Å². The molecule has 0 radical (unpaired) electrons. The van der Waals surface area contributed by atoms with E-state index >= 15 is 0 Å². The Morgan fingerprint density at radius 2 is 1.19 bits per heavy atom. The number of pyridine rings is 1. The van der Waals surface area contributed by atoms with Crippen molar-refractivity contribution in [2.24, 2.45) is 0 Å². The molecule has 0 fully saturated rings. The van der Waals surface area contributed by atoms with E-state index < -0.39 is 0 Å². The lowest BCUT2D eigenvalue weighted by atomic mass is 9.30. The number of hydrogen-bond acceptors (Lipinski definition) is 1. The standard InChI is InChI=1S/C54H41BN3/c1-53(2)39-17-7-10-24-46(39)58-47-32-34(33-26-28-35(29-27-33)57-44-22-8-5-15-36(44)37-16-6-9-23-45(37)57)31-38-50(47)55(43-21-14-19-41(53)52(43)58)42-20-13-18-40-49(42)51(38)56-30-12-11-25-48(56)54(40,3)4/h5-32,51H,1-4H3/q+1. The highest BCUT2D eigenvalue weighted by atomic mass is 15.2. The molecule has 0 aliphatic carbocycles. The van der Waals surface area contributed by atoms with Crippen molar-refractivity contribution in [1.29, 1.82) is 0 Å². The Balaban J connectivity index is 1.10. The Kier molecular flexibility index (Phi) is 6.18. The van der Waals surface area contributed by atoms with Gasteiger partial charge in [-0.2, -0.15) is 4.57 Å². The smallest absolute Gasteiger partial charge is 0.248 e. The maximum atomic E-state index is 2.63. The van der Waals surface area contributed by atoms with E-state index in [0.29, 0.717) is 0 Å². The lowest BCUT2D eigenvalue weighted by molar-refractivity contribution is -0.717. The SMILES string of the molecule is CC1(C)c2ccccc2N2c3cc(-c4ccc(-n5c6ccccc6c6ccccc65)cc4)cc4c3B(c3cccc5c3C4[n+]3ccccc3C5(C)C)c3cccc1c32. The summed E-state index contributed by atoms with van der Waals surface area (Å²) in [6.45, 7) is 9.76. The first kappa shape index (κ1) is 32.4. The molecule has 0 bridgehead atoms. The fraction of sp³-hybridized carbons (Fsp3) is 0.130. The Bertz CT molecular complexity index is 3070. The maximum absolute atomic E-state index is 2.63. The first-order valence-corrected chi connectivity index (χ1v) is 20.8. The van der Waals surface area contributed by atoms with E-state index in [1.807, 2.05) is 0 Å². The monoisotopic (exact) mass is 742 g/mol. The number of anilines is 3. The van der Waals surface area contributed by atoms with Crippen LogP contribution in [0.4, 0.5) is 17.1 Å². The average molecular weight is 743 g/mol. The molecule has 2 aromatic heterocycles. The third-order valence-corrected chi connectivity index (χ3v) is 14.4. The van der Waals surface area contributed by atoms with Gasteiger partial charge >= 0.3 is 0 Å². The van der Waals surface area contributed by atoms with E-state index in [9.17, 15) is 0 Å².